The molecule has 0 saturated carbocycles. The average molecular weight is 216 g/mol. The molecule has 0 atom stereocenters. The number of hydrogen-bond acceptors (Lipinski definition) is 3. The lowest BCUT2D eigenvalue weighted by Crippen LogP contribution is -2.49. The molecule has 0 rings (SSSR count). The topological polar surface area (TPSA) is 64.3 Å². The maximum Gasteiger partial charge on any atom is 0.220 e. The van der Waals surface area contributed by atoms with Gasteiger partial charge in [0.1, 0.15) is 0 Å². The summed E-state index contributed by atoms with van der Waals surface area (Å²) in [5.41, 5.74) is 5.81. The summed E-state index contributed by atoms with van der Waals surface area (Å²) in [6.45, 7) is 5.27. The number of nitrogens with one attached hydrogen (secondary N) is 1. The Balaban J connectivity index is 3.69. The van der Waals surface area contributed by atoms with E-state index in [9.17, 15) is 4.79 Å². The van der Waals surface area contributed by atoms with Gasteiger partial charge in [0.15, 0.2) is 0 Å². The summed E-state index contributed by atoms with van der Waals surface area (Å²) in [7, 11) is 1.64. The van der Waals surface area contributed by atoms with Gasteiger partial charge in [0, 0.05) is 32.2 Å². The van der Waals surface area contributed by atoms with E-state index < -0.39 is 0 Å². The van der Waals surface area contributed by atoms with Gasteiger partial charge in [0.2, 0.25) is 5.91 Å². The fourth-order valence-corrected chi connectivity index (χ4v) is 1.24. The maximum atomic E-state index is 11.4. The molecule has 0 aliphatic carbocycles. The second-order valence-corrected chi connectivity index (χ2v) is 3.94. The van der Waals surface area contributed by atoms with Crippen molar-refractivity contribution in [2.75, 3.05) is 20.3 Å². The van der Waals surface area contributed by atoms with E-state index in [1.807, 2.05) is 13.8 Å². The van der Waals surface area contributed by atoms with E-state index in [1.54, 1.807) is 7.11 Å². The lowest BCUT2D eigenvalue weighted by molar-refractivity contribution is -0.121. The van der Waals surface area contributed by atoms with Crippen molar-refractivity contribution in [3.63, 3.8) is 0 Å². The molecule has 0 saturated heterocycles. The molecule has 0 aliphatic rings. The van der Waals surface area contributed by atoms with Crippen molar-refractivity contribution >= 4 is 5.91 Å². The van der Waals surface area contributed by atoms with Gasteiger partial charge < -0.3 is 15.8 Å². The molecule has 1 amide bonds. The van der Waals surface area contributed by atoms with E-state index in [0.717, 1.165) is 19.3 Å². The number of carbonyl (C=O) groups excluding carboxylic acids is 1. The van der Waals surface area contributed by atoms with Crippen molar-refractivity contribution < 1.29 is 9.53 Å². The van der Waals surface area contributed by atoms with Crippen LogP contribution in [0.25, 0.3) is 0 Å². The first-order valence-electron chi connectivity index (χ1n) is 5.62. The smallest absolute Gasteiger partial charge is 0.220 e. The minimum atomic E-state index is -0.253. The Morgan fingerprint density at radius 3 is 2.47 bits per heavy atom. The summed E-state index contributed by atoms with van der Waals surface area (Å²) in [5, 5.41) is 2.86. The molecule has 4 nitrogen and oxygen atoms in total. The Labute approximate surface area is 92.6 Å². The quantitative estimate of drug-likeness (QED) is 0.596. The van der Waals surface area contributed by atoms with E-state index in [-0.39, 0.29) is 11.4 Å². The number of methoxy groups -OCH3 is 1. The van der Waals surface area contributed by atoms with E-state index in [1.165, 1.54) is 0 Å². The summed E-state index contributed by atoms with van der Waals surface area (Å²) in [6.07, 6.45) is 3.03. The molecule has 0 aliphatic heterocycles. The fourth-order valence-electron chi connectivity index (χ4n) is 1.24. The van der Waals surface area contributed by atoms with Gasteiger partial charge in [0.25, 0.3) is 0 Å². The summed E-state index contributed by atoms with van der Waals surface area (Å²) in [4.78, 5) is 11.4. The maximum absolute atomic E-state index is 11.4. The van der Waals surface area contributed by atoms with E-state index in [0.29, 0.717) is 19.6 Å². The number of amides is 1. The Morgan fingerprint density at radius 1 is 1.40 bits per heavy atom. The predicted octanol–water partition coefficient (Wildman–Crippen LogP) is 1.05. The minimum Gasteiger partial charge on any atom is -0.385 e. The van der Waals surface area contributed by atoms with Gasteiger partial charge >= 0.3 is 0 Å². The minimum absolute atomic E-state index is 0.0591. The third-order valence-corrected chi connectivity index (χ3v) is 2.80. The van der Waals surface area contributed by atoms with Crippen LogP contribution in [-0.4, -0.2) is 31.7 Å². The number of carbonyl (C=O) groups is 1. The monoisotopic (exact) mass is 216 g/mol. The number of rotatable bonds is 8. The van der Waals surface area contributed by atoms with Gasteiger partial charge in [-0.2, -0.15) is 0 Å². The molecule has 3 N–H and O–H groups in total. The zero-order valence-electron chi connectivity index (χ0n) is 10.1. The molecule has 0 unspecified atom stereocenters. The summed E-state index contributed by atoms with van der Waals surface area (Å²) in [6, 6.07) is 0. The van der Waals surface area contributed by atoms with E-state index in [4.69, 9.17) is 10.5 Å². The first kappa shape index (κ1) is 14.4. The normalized spacial score (nSPS) is 11.5. The molecule has 0 heterocycles. The molecule has 0 fully saturated rings. The largest absolute Gasteiger partial charge is 0.385 e. The van der Waals surface area contributed by atoms with Crippen LogP contribution in [0.3, 0.4) is 0 Å². The highest BCUT2D eigenvalue weighted by Crippen LogP contribution is 2.09. The first-order chi connectivity index (χ1) is 7.08. The lowest BCUT2D eigenvalue weighted by Gasteiger charge is -2.26. The van der Waals surface area contributed by atoms with Crippen LogP contribution in [0.4, 0.5) is 0 Å². The molecule has 0 aromatic rings. The fraction of sp³-hybridized carbons (Fsp3) is 0.909. The highest BCUT2D eigenvalue weighted by molar-refractivity contribution is 5.75. The Kier molecular flexibility index (Phi) is 7.34. The molecule has 4 heteroatoms. The zero-order chi connectivity index (χ0) is 11.7. The van der Waals surface area contributed by atoms with Gasteiger partial charge in [-0.25, -0.2) is 0 Å². The van der Waals surface area contributed by atoms with Crippen LogP contribution in [0.5, 0.6) is 0 Å². The van der Waals surface area contributed by atoms with E-state index in [2.05, 4.69) is 5.32 Å². The molecular formula is C11H24N2O2. The molecule has 0 aromatic heterocycles. The Morgan fingerprint density at radius 2 is 2.00 bits per heavy atom. The third-order valence-electron chi connectivity index (χ3n) is 2.80. The standard InChI is InChI=1S/C11H24N2O2/c1-4-11(12,5-2)9-13-10(14)7-6-8-15-3/h4-9,12H2,1-3H3,(H,13,14). The van der Waals surface area contributed by atoms with Gasteiger partial charge in [0.05, 0.1) is 0 Å². The van der Waals surface area contributed by atoms with Crippen LogP contribution in [0.2, 0.25) is 0 Å². The second-order valence-electron chi connectivity index (χ2n) is 3.94. The highest BCUT2D eigenvalue weighted by Gasteiger charge is 2.20. The van der Waals surface area contributed by atoms with Crippen molar-refractivity contribution in [2.24, 2.45) is 5.73 Å². The molecule has 0 radical (unpaired) electrons. The predicted molar refractivity (Wildman–Crippen MR) is 61.6 cm³/mol. The zero-order valence-corrected chi connectivity index (χ0v) is 10.1. The van der Waals surface area contributed by atoms with Crippen molar-refractivity contribution in [3.05, 3.63) is 0 Å². The molecule has 90 valence electrons. The molecule has 0 spiro atoms. The third kappa shape index (κ3) is 6.47. The SMILES string of the molecule is CCC(N)(CC)CNC(=O)CCCOC. The van der Waals surface area contributed by atoms with Crippen molar-refractivity contribution in [3.8, 4) is 0 Å². The average Bonchev–Trinajstić information content (AvgIpc) is 2.26. The van der Waals surface area contributed by atoms with Gasteiger partial charge in [-0.15, -0.1) is 0 Å². The summed E-state index contributed by atoms with van der Waals surface area (Å²) < 4.78 is 4.88. The summed E-state index contributed by atoms with van der Waals surface area (Å²) >= 11 is 0. The van der Waals surface area contributed by atoms with Crippen molar-refractivity contribution in [1.82, 2.24) is 5.32 Å². The van der Waals surface area contributed by atoms with Crippen LogP contribution in [0, 0.1) is 0 Å². The molecule has 15 heavy (non-hydrogen) atoms. The number of nitrogens with two attached hydrogens (primary N) is 1. The van der Waals surface area contributed by atoms with Crippen LogP contribution >= 0.6 is 0 Å². The van der Waals surface area contributed by atoms with Gasteiger partial charge in [-0.3, -0.25) is 4.79 Å². The number of hydrogen-bond donors (Lipinski definition) is 2. The lowest BCUT2D eigenvalue weighted by atomic mass is 9.94. The molecular weight excluding hydrogens is 192 g/mol. The van der Waals surface area contributed by atoms with Crippen LogP contribution in [0.15, 0.2) is 0 Å². The molecule has 0 bridgehead atoms. The Hall–Kier alpha value is -0.610. The highest BCUT2D eigenvalue weighted by atomic mass is 16.5. The van der Waals surface area contributed by atoms with Crippen LogP contribution in [-0.2, 0) is 9.53 Å². The molecule has 0 aromatic carbocycles. The van der Waals surface area contributed by atoms with Gasteiger partial charge in [-0.1, -0.05) is 13.8 Å². The first-order valence-corrected chi connectivity index (χ1v) is 5.62. The van der Waals surface area contributed by atoms with Crippen LogP contribution < -0.4 is 11.1 Å². The second kappa shape index (κ2) is 7.65. The van der Waals surface area contributed by atoms with Crippen molar-refractivity contribution in [1.29, 1.82) is 0 Å². The van der Waals surface area contributed by atoms with Crippen LogP contribution in [0.1, 0.15) is 39.5 Å². The Bertz CT molecular complexity index is 179. The van der Waals surface area contributed by atoms with Crippen molar-refractivity contribution in [2.45, 2.75) is 45.1 Å². The van der Waals surface area contributed by atoms with Gasteiger partial charge in [-0.05, 0) is 19.3 Å². The number of ether oxygens (including phenoxy) is 1. The van der Waals surface area contributed by atoms with E-state index >= 15 is 0 Å². The summed E-state index contributed by atoms with van der Waals surface area (Å²) in [5.74, 6) is 0.0591.